The number of carbonyl (C=O) groups is 1. The van der Waals surface area contributed by atoms with Crippen LogP contribution in [0.3, 0.4) is 0 Å². The van der Waals surface area contributed by atoms with Gasteiger partial charge in [-0.3, -0.25) is 0 Å². The third-order valence-electron chi connectivity index (χ3n) is 5.51. The molecule has 1 N–H and O–H groups in total. The van der Waals surface area contributed by atoms with Crippen LogP contribution in [0, 0.1) is 5.92 Å². The molecule has 2 bridgehead atoms. The maximum absolute atomic E-state index is 12.6. The number of likely N-dealkylation sites (tertiary alicyclic amines) is 1. The molecular formula is C19H25Cl2NO3. The molecule has 1 aromatic rings. The van der Waals surface area contributed by atoms with Crippen molar-refractivity contribution in [2.75, 3.05) is 13.2 Å². The zero-order chi connectivity index (χ0) is 18.4. The second-order valence-corrected chi connectivity index (χ2v) is 9.01. The van der Waals surface area contributed by atoms with Gasteiger partial charge in [0.05, 0.1) is 10.0 Å². The molecule has 25 heavy (non-hydrogen) atoms. The Hall–Kier alpha value is -0.970. The van der Waals surface area contributed by atoms with E-state index in [2.05, 4.69) is 0 Å². The topological polar surface area (TPSA) is 49.8 Å². The van der Waals surface area contributed by atoms with Gasteiger partial charge in [0, 0.05) is 30.5 Å². The third kappa shape index (κ3) is 3.49. The van der Waals surface area contributed by atoms with E-state index in [1.165, 1.54) is 0 Å². The van der Waals surface area contributed by atoms with Crippen LogP contribution in [0.5, 0.6) is 0 Å². The van der Waals surface area contributed by atoms with Gasteiger partial charge in [-0.1, -0.05) is 29.3 Å². The van der Waals surface area contributed by atoms with Gasteiger partial charge in [-0.25, -0.2) is 4.79 Å². The lowest BCUT2D eigenvalue weighted by Crippen LogP contribution is -2.53. The van der Waals surface area contributed by atoms with Gasteiger partial charge < -0.3 is 14.7 Å². The lowest BCUT2D eigenvalue weighted by molar-refractivity contribution is -0.00625. The van der Waals surface area contributed by atoms with E-state index in [-0.39, 0.29) is 30.1 Å². The lowest BCUT2D eigenvalue weighted by Gasteiger charge is -2.45. The summed E-state index contributed by atoms with van der Waals surface area (Å²) < 4.78 is 5.56. The van der Waals surface area contributed by atoms with Crippen LogP contribution < -0.4 is 0 Å². The Bertz CT molecular complexity index is 673. The molecule has 1 saturated heterocycles. The summed E-state index contributed by atoms with van der Waals surface area (Å²) in [6.07, 6.45) is 2.34. The molecule has 0 spiro atoms. The van der Waals surface area contributed by atoms with Gasteiger partial charge in [0.2, 0.25) is 0 Å². The molecule has 3 rings (SSSR count). The van der Waals surface area contributed by atoms with Gasteiger partial charge >= 0.3 is 6.09 Å². The minimum atomic E-state index is -0.525. The number of rotatable bonds is 2. The van der Waals surface area contributed by atoms with Gasteiger partial charge in [-0.2, -0.15) is 0 Å². The molecule has 4 nitrogen and oxygen atoms in total. The second kappa shape index (κ2) is 6.64. The van der Waals surface area contributed by atoms with Crippen molar-refractivity contribution in [3.05, 3.63) is 33.8 Å². The Balaban J connectivity index is 1.88. The summed E-state index contributed by atoms with van der Waals surface area (Å²) >= 11 is 12.3. The van der Waals surface area contributed by atoms with Crippen molar-refractivity contribution in [1.29, 1.82) is 0 Å². The van der Waals surface area contributed by atoms with E-state index < -0.39 is 5.60 Å². The number of aliphatic hydroxyl groups is 1. The van der Waals surface area contributed by atoms with Crippen molar-refractivity contribution >= 4 is 29.3 Å². The molecule has 1 heterocycles. The molecule has 1 amide bonds. The summed E-state index contributed by atoms with van der Waals surface area (Å²) in [7, 11) is 0. The summed E-state index contributed by atoms with van der Waals surface area (Å²) in [5.41, 5.74) is 0.418. The quantitative estimate of drug-likeness (QED) is 0.806. The molecule has 2 aliphatic rings. The predicted octanol–water partition coefficient (Wildman–Crippen LogP) is 4.64. The van der Waals surface area contributed by atoms with Crippen molar-refractivity contribution < 1.29 is 14.6 Å². The first-order valence-electron chi connectivity index (χ1n) is 8.72. The van der Waals surface area contributed by atoms with Crippen molar-refractivity contribution in [3.63, 3.8) is 0 Å². The van der Waals surface area contributed by atoms with Crippen LogP contribution in [0.15, 0.2) is 18.2 Å². The number of nitrogens with zero attached hydrogens (tertiary/aromatic N) is 1. The smallest absolute Gasteiger partial charge is 0.410 e. The minimum Gasteiger partial charge on any atom is -0.444 e. The highest BCUT2D eigenvalue weighted by atomic mass is 35.5. The van der Waals surface area contributed by atoms with Crippen LogP contribution in [0.1, 0.15) is 45.6 Å². The highest BCUT2D eigenvalue weighted by molar-refractivity contribution is 6.42. The summed E-state index contributed by atoms with van der Waals surface area (Å²) in [6, 6.07) is 5.86. The summed E-state index contributed by atoms with van der Waals surface area (Å²) in [4.78, 5) is 14.4. The first-order valence-corrected chi connectivity index (χ1v) is 9.48. The van der Waals surface area contributed by atoms with Crippen molar-refractivity contribution in [3.8, 4) is 0 Å². The number of amides is 1. The monoisotopic (exact) mass is 385 g/mol. The number of hydrogen-bond acceptors (Lipinski definition) is 3. The van der Waals surface area contributed by atoms with Gasteiger partial charge in [0.1, 0.15) is 5.60 Å². The molecule has 1 saturated carbocycles. The summed E-state index contributed by atoms with van der Waals surface area (Å²) in [6.45, 7) is 6.12. The lowest BCUT2D eigenvalue weighted by atomic mass is 9.67. The fourth-order valence-electron chi connectivity index (χ4n) is 4.33. The van der Waals surface area contributed by atoms with Gasteiger partial charge in [0.15, 0.2) is 0 Å². The summed E-state index contributed by atoms with van der Waals surface area (Å²) in [5, 5.41) is 11.1. The van der Waals surface area contributed by atoms with Crippen molar-refractivity contribution in [1.82, 2.24) is 4.90 Å². The third-order valence-corrected chi connectivity index (χ3v) is 6.24. The minimum absolute atomic E-state index is 0.0201. The number of benzene rings is 1. The van der Waals surface area contributed by atoms with Crippen LogP contribution in [0.25, 0.3) is 0 Å². The number of hydrogen-bond donors (Lipinski definition) is 1. The maximum Gasteiger partial charge on any atom is 0.410 e. The standard InChI is InChI=1S/C19H25Cl2NO3/c1-18(2,3)25-17(24)22-10-13(11-23)19(7-6-14(22)9-19)12-4-5-15(20)16(21)8-12/h4-5,8,13-14,23H,6-7,9-11H2,1-3H3/t13?,14-,19-/m1/s1. The largest absolute Gasteiger partial charge is 0.444 e. The van der Waals surface area contributed by atoms with Crippen LogP contribution in [0.2, 0.25) is 10.0 Å². The average molecular weight is 386 g/mol. The van der Waals surface area contributed by atoms with E-state index in [9.17, 15) is 9.90 Å². The normalized spacial score (nSPS) is 29.0. The molecule has 3 atom stereocenters. The number of aliphatic hydroxyl groups excluding tert-OH is 1. The van der Waals surface area contributed by atoms with Crippen LogP contribution in [-0.2, 0) is 10.2 Å². The molecular weight excluding hydrogens is 361 g/mol. The Kier molecular flexibility index (Phi) is 5.00. The highest BCUT2D eigenvalue weighted by Gasteiger charge is 2.53. The zero-order valence-electron chi connectivity index (χ0n) is 14.9. The maximum atomic E-state index is 12.6. The Morgan fingerprint density at radius 2 is 2.08 bits per heavy atom. The average Bonchev–Trinajstić information content (AvgIpc) is 2.89. The Morgan fingerprint density at radius 3 is 2.68 bits per heavy atom. The second-order valence-electron chi connectivity index (χ2n) is 8.19. The van der Waals surface area contributed by atoms with Crippen LogP contribution >= 0.6 is 23.2 Å². The van der Waals surface area contributed by atoms with Gasteiger partial charge in [-0.15, -0.1) is 0 Å². The number of ether oxygens (including phenoxy) is 1. The van der Waals surface area contributed by atoms with E-state index in [4.69, 9.17) is 27.9 Å². The first kappa shape index (κ1) is 18.8. The Morgan fingerprint density at radius 1 is 1.36 bits per heavy atom. The molecule has 0 aromatic heterocycles. The number of halogens is 2. The highest BCUT2D eigenvalue weighted by Crippen LogP contribution is 2.52. The van der Waals surface area contributed by atoms with E-state index in [0.717, 1.165) is 24.8 Å². The van der Waals surface area contributed by atoms with Crippen LogP contribution in [-0.4, -0.2) is 40.9 Å². The van der Waals surface area contributed by atoms with Crippen molar-refractivity contribution in [2.45, 2.75) is 57.1 Å². The predicted molar refractivity (Wildman–Crippen MR) is 99.3 cm³/mol. The fourth-order valence-corrected chi connectivity index (χ4v) is 4.63. The van der Waals surface area contributed by atoms with Crippen LogP contribution in [0.4, 0.5) is 4.79 Å². The van der Waals surface area contributed by atoms with Crippen molar-refractivity contribution in [2.24, 2.45) is 5.92 Å². The zero-order valence-corrected chi connectivity index (χ0v) is 16.4. The molecule has 0 radical (unpaired) electrons. The molecule has 138 valence electrons. The van der Waals surface area contributed by atoms with E-state index in [0.29, 0.717) is 16.6 Å². The van der Waals surface area contributed by atoms with E-state index in [1.807, 2.05) is 39.0 Å². The number of piperidine rings is 1. The fraction of sp³-hybridized carbons (Fsp3) is 0.632. The molecule has 1 aromatic carbocycles. The molecule has 1 aliphatic heterocycles. The SMILES string of the molecule is CC(C)(C)OC(=O)N1CC(CO)[C@]2(c3ccc(Cl)c(Cl)c3)CC[C@@H]1C2. The van der Waals surface area contributed by atoms with Gasteiger partial charge in [0.25, 0.3) is 0 Å². The number of carbonyl (C=O) groups excluding carboxylic acids is 1. The van der Waals surface area contributed by atoms with E-state index in [1.54, 1.807) is 4.90 Å². The first-order chi connectivity index (χ1) is 11.7. The summed E-state index contributed by atoms with van der Waals surface area (Å²) in [5.74, 6) is -0.0454. The molecule has 6 heteroatoms. The number of fused-ring (bicyclic) bond motifs is 2. The van der Waals surface area contributed by atoms with Gasteiger partial charge in [-0.05, 0) is 57.7 Å². The molecule has 1 unspecified atom stereocenters. The Labute approximate surface area is 159 Å². The van der Waals surface area contributed by atoms with E-state index >= 15 is 0 Å². The molecule has 1 aliphatic carbocycles. The molecule has 2 fully saturated rings.